The Hall–Kier alpha value is -2.58. The Bertz CT molecular complexity index is 674. The Morgan fingerprint density at radius 1 is 1.20 bits per heavy atom. The molecular formula is C16H19F3N2O4. The van der Waals surface area contributed by atoms with E-state index in [1.54, 1.807) is 13.8 Å². The van der Waals surface area contributed by atoms with Crippen LogP contribution in [0.5, 0.6) is 0 Å². The number of anilines is 1. The van der Waals surface area contributed by atoms with Crippen molar-refractivity contribution in [3.05, 3.63) is 29.3 Å². The number of hydrogen-bond acceptors (Lipinski definition) is 3. The molecule has 0 aliphatic carbocycles. The van der Waals surface area contributed by atoms with Crippen LogP contribution in [0.1, 0.15) is 43.1 Å². The zero-order valence-electron chi connectivity index (χ0n) is 13.9. The first-order valence-electron chi connectivity index (χ1n) is 7.49. The smallest absolute Gasteiger partial charge is 0.416 e. The summed E-state index contributed by atoms with van der Waals surface area (Å²) in [6.45, 7) is 4.45. The molecule has 1 aromatic rings. The van der Waals surface area contributed by atoms with Crippen molar-refractivity contribution in [1.29, 1.82) is 0 Å². The molecule has 0 heterocycles. The van der Waals surface area contributed by atoms with E-state index in [1.165, 1.54) is 0 Å². The summed E-state index contributed by atoms with van der Waals surface area (Å²) in [5.74, 6) is -3.27. The van der Waals surface area contributed by atoms with Crippen molar-refractivity contribution >= 4 is 23.5 Å². The molecule has 0 bridgehead atoms. The van der Waals surface area contributed by atoms with Crippen molar-refractivity contribution in [2.24, 2.45) is 5.92 Å². The molecule has 0 aliphatic heterocycles. The Balaban J connectivity index is 3.23. The summed E-state index contributed by atoms with van der Waals surface area (Å²) in [5, 5.41) is 13.6. The first-order chi connectivity index (χ1) is 11.5. The molecule has 0 fully saturated rings. The van der Waals surface area contributed by atoms with Gasteiger partial charge in [0.25, 0.3) is 5.91 Å². The van der Waals surface area contributed by atoms with E-state index < -0.39 is 47.0 Å². The van der Waals surface area contributed by atoms with E-state index in [4.69, 9.17) is 0 Å². The molecule has 2 amide bonds. The number of carbonyl (C=O) groups excluding carboxylic acids is 2. The average Bonchev–Trinajstić information content (AvgIpc) is 2.49. The molecule has 0 radical (unpaired) electrons. The van der Waals surface area contributed by atoms with Gasteiger partial charge in [0.15, 0.2) is 0 Å². The highest BCUT2D eigenvalue weighted by Crippen LogP contribution is 2.32. The van der Waals surface area contributed by atoms with Gasteiger partial charge in [-0.3, -0.25) is 9.59 Å². The Kier molecular flexibility index (Phi) is 6.55. The van der Waals surface area contributed by atoms with Crippen LogP contribution in [-0.2, 0) is 15.8 Å². The van der Waals surface area contributed by atoms with Crippen LogP contribution in [0.25, 0.3) is 0 Å². The van der Waals surface area contributed by atoms with Crippen molar-refractivity contribution in [2.75, 3.05) is 5.32 Å². The van der Waals surface area contributed by atoms with Gasteiger partial charge in [-0.25, -0.2) is 4.79 Å². The molecule has 25 heavy (non-hydrogen) atoms. The topological polar surface area (TPSA) is 95.5 Å². The third kappa shape index (κ3) is 5.77. The van der Waals surface area contributed by atoms with E-state index in [2.05, 4.69) is 10.6 Å². The van der Waals surface area contributed by atoms with Crippen molar-refractivity contribution in [3.63, 3.8) is 0 Å². The minimum absolute atomic E-state index is 0.206. The van der Waals surface area contributed by atoms with E-state index in [0.717, 1.165) is 13.0 Å². The summed E-state index contributed by atoms with van der Waals surface area (Å²) in [5.41, 5.74) is -1.73. The number of carboxylic acid groups (broad SMARTS) is 1. The summed E-state index contributed by atoms with van der Waals surface area (Å²) in [7, 11) is 0. The second kappa shape index (κ2) is 8.00. The lowest BCUT2D eigenvalue weighted by Gasteiger charge is -2.20. The van der Waals surface area contributed by atoms with Gasteiger partial charge in [0.1, 0.15) is 6.04 Å². The minimum Gasteiger partial charge on any atom is -0.480 e. The molecule has 3 N–H and O–H groups in total. The Labute approximate surface area is 142 Å². The van der Waals surface area contributed by atoms with Gasteiger partial charge in [0, 0.05) is 18.2 Å². The van der Waals surface area contributed by atoms with Gasteiger partial charge in [-0.15, -0.1) is 0 Å². The third-order valence-corrected chi connectivity index (χ3v) is 3.61. The predicted molar refractivity (Wildman–Crippen MR) is 84.1 cm³/mol. The number of hydrogen-bond donors (Lipinski definition) is 3. The molecule has 0 aromatic heterocycles. The quantitative estimate of drug-likeness (QED) is 0.727. The van der Waals surface area contributed by atoms with E-state index in [0.29, 0.717) is 18.6 Å². The normalized spacial score (nSPS) is 13.7. The number of halogens is 3. The van der Waals surface area contributed by atoms with E-state index in [9.17, 15) is 32.7 Å². The standard InChI is InChI=1S/C16H19F3N2O4/c1-4-8(2)13(15(24)25)21-14(23)10-5-11(16(17,18)19)7-12(6-10)20-9(3)22/h5-8,13H,4H2,1-3H3,(H,20,22)(H,21,23)(H,24,25)/t8-,13-/m0/s1. The van der Waals surface area contributed by atoms with Gasteiger partial charge >= 0.3 is 12.1 Å². The molecule has 1 aromatic carbocycles. The lowest BCUT2D eigenvalue weighted by Crippen LogP contribution is -2.45. The molecular weight excluding hydrogens is 341 g/mol. The van der Waals surface area contributed by atoms with Crippen molar-refractivity contribution in [1.82, 2.24) is 5.32 Å². The van der Waals surface area contributed by atoms with Crippen LogP contribution in [0.4, 0.5) is 18.9 Å². The van der Waals surface area contributed by atoms with Crippen molar-refractivity contribution < 1.29 is 32.7 Å². The van der Waals surface area contributed by atoms with Crippen LogP contribution in [0, 0.1) is 5.92 Å². The first kappa shape index (κ1) is 20.5. The molecule has 0 unspecified atom stereocenters. The zero-order valence-corrected chi connectivity index (χ0v) is 13.9. The van der Waals surface area contributed by atoms with Gasteiger partial charge in [-0.05, 0) is 24.1 Å². The van der Waals surface area contributed by atoms with Crippen LogP contribution < -0.4 is 10.6 Å². The second-order valence-electron chi connectivity index (χ2n) is 5.65. The van der Waals surface area contributed by atoms with Gasteiger partial charge in [-0.1, -0.05) is 20.3 Å². The minimum atomic E-state index is -4.73. The lowest BCUT2D eigenvalue weighted by atomic mass is 9.98. The summed E-state index contributed by atoms with van der Waals surface area (Å²) in [6.07, 6.45) is -4.27. The molecule has 0 saturated carbocycles. The number of alkyl halides is 3. The van der Waals surface area contributed by atoms with Crippen LogP contribution in [0.2, 0.25) is 0 Å². The second-order valence-corrected chi connectivity index (χ2v) is 5.65. The lowest BCUT2D eigenvalue weighted by molar-refractivity contribution is -0.140. The highest BCUT2D eigenvalue weighted by atomic mass is 19.4. The third-order valence-electron chi connectivity index (χ3n) is 3.61. The number of carbonyl (C=O) groups is 3. The SMILES string of the molecule is CC[C@H](C)[C@H](NC(=O)c1cc(NC(C)=O)cc(C(F)(F)F)c1)C(=O)O. The molecule has 0 saturated heterocycles. The van der Waals surface area contributed by atoms with Crippen LogP contribution in [-0.4, -0.2) is 28.9 Å². The Morgan fingerprint density at radius 3 is 2.24 bits per heavy atom. The van der Waals surface area contributed by atoms with Crippen LogP contribution in [0.3, 0.4) is 0 Å². The van der Waals surface area contributed by atoms with Gasteiger partial charge < -0.3 is 15.7 Å². The summed E-state index contributed by atoms with van der Waals surface area (Å²) >= 11 is 0. The molecule has 138 valence electrons. The van der Waals surface area contributed by atoms with E-state index >= 15 is 0 Å². The summed E-state index contributed by atoms with van der Waals surface area (Å²) in [4.78, 5) is 34.6. The zero-order chi connectivity index (χ0) is 19.4. The fourth-order valence-electron chi connectivity index (χ4n) is 2.11. The number of carboxylic acids is 1. The van der Waals surface area contributed by atoms with Crippen molar-refractivity contribution in [3.8, 4) is 0 Å². The predicted octanol–water partition coefficient (Wildman–Crippen LogP) is 2.89. The Morgan fingerprint density at radius 2 is 1.80 bits per heavy atom. The number of benzene rings is 1. The van der Waals surface area contributed by atoms with E-state index in [1.807, 2.05) is 0 Å². The molecule has 6 nitrogen and oxygen atoms in total. The maximum Gasteiger partial charge on any atom is 0.416 e. The maximum absolute atomic E-state index is 13.0. The van der Waals surface area contributed by atoms with Gasteiger partial charge in [-0.2, -0.15) is 13.2 Å². The highest BCUT2D eigenvalue weighted by Gasteiger charge is 2.33. The van der Waals surface area contributed by atoms with Crippen molar-refractivity contribution in [2.45, 2.75) is 39.4 Å². The summed E-state index contributed by atoms with van der Waals surface area (Å²) < 4.78 is 39.0. The largest absolute Gasteiger partial charge is 0.480 e. The van der Waals surface area contributed by atoms with E-state index in [-0.39, 0.29) is 5.69 Å². The molecule has 2 atom stereocenters. The van der Waals surface area contributed by atoms with Crippen LogP contribution in [0.15, 0.2) is 18.2 Å². The number of nitrogens with one attached hydrogen (secondary N) is 2. The van der Waals surface area contributed by atoms with Crippen LogP contribution >= 0.6 is 0 Å². The molecule has 0 aliphatic rings. The fourth-order valence-corrected chi connectivity index (χ4v) is 2.11. The maximum atomic E-state index is 13.0. The number of aliphatic carboxylic acids is 1. The summed E-state index contributed by atoms with van der Waals surface area (Å²) in [6, 6.07) is 1.12. The fraction of sp³-hybridized carbons (Fsp3) is 0.438. The number of rotatable bonds is 6. The van der Waals surface area contributed by atoms with Gasteiger partial charge in [0.2, 0.25) is 5.91 Å². The molecule has 1 rings (SSSR count). The monoisotopic (exact) mass is 360 g/mol. The average molecular weight is 360 g/mol. The molecule has 0 spiro atoms. The van der Waals surface area contributed by atoms with Gasteiger partial charge in [0.05, 0.1) is 5.56 Å². The first-order valence-corrected chi connectivity index (χ1v) is 7.49. The highest BCUT2D eigenvalue weighted by molar-refractivity contribution is 5.99. The molecule has 9 heteroatoms. The number of amides is 2.